The molecule has 0 amide bonds. The van der Waals surface area contributed by atoms with Crippen LogP contribution in [-0.4, -0.2) is 48.5 Å². The van der Waals surface area contributed by atoms with E-state index in [1.54, 1.807) is 0 Å². The fraction of sp³-hybridized carbons (Fsp3) is 1.00. The summed E-state index contributed by atoms with van der Waals surface area (Å²) in [6.45, 7) is 10.9. The molecule has 80 valence electrons. The van der Waals surface area contributed by atoms with Gasteiger partial charge in [-0.1, -0.05) is 0 Å². The quantitative estimate of drug-likeness (QED) is 0.651. The van der Waals surface area contributed by atoms with E-state index in [4.69, 9.17) is 9.84 Å². The molecule has 3 heteroatoms. The number of aliphatic hydroxyl groups excluding tert-OH is 1. The molecule has 0 aliphatic rings. The predicted molar refractivity (Wildman–Crippen MR) is 54.9 cm³/mol. The Morgan fingerprint density at radius 1 is 1.15 bits per heavy atom. The Labute approximate surface area is 81.7 Å². The summed E-state index contributed by atoms with van der Waals surface area (Å²) in [5.41, 5.74) is 0. The molecule has 0 aliphatic heterocycles. The Hall–Kier alpha value is -0.120. The van der Waals surface area contributed by atoms with Crippen molar-refractivity contribution in [3.05, 3.63) is 0 Å². The summed E-state index contributed by atoms with van der Waals surface area (Å²) in [7, 11) is 0. The van der Waals surface area contributed by atoms with Gasteiger partial charge >= 0.3 is 0 Å². The van der Waals surface area contributed by atoms with E-state index in [0.717, 1.165) is 19.7 Å². The van der Waals surface area contributed by atoms with Gasteiger partial charge in [0.25, 0.3) is 0 Å². The van der Waals surface area contributed by atoms with Crippen molar-refractivity contribution in [2.24, 2.45) is 0 Å². The number of nitrogens with zero attached hydrogens (tertiary/aromatic N) is 1. The largest absolute Gasteiger partial charge is 0.395 e. The lowest BCUT2D eigenvalue weighted by molar-refractivity contribution is 0.0476. The van der Waals surface area contributed by atoms with Crippen LogP contribution in [0.5, 0.6) is 0 Å². The number of hydrogen-bond donors (Lipinski definition) is 1. The van der Waals surface area contributed by atoms with E-state index >= 15 is 0 Å². The van der Waals surface area contributed by atoms with Crippen LogP contribution < -0.4 is 0 Å². The van der Waals surface area contributed by atoms with Gasteiger partial charge in [0, 0.05) is 19.1 Å². The lowest BCUT2D eigenvalue weighted by Gasteiger charge is -2.25. The van der Waals surface area contributed by atoms with Crippen LogP contribution in [0.2, 0.25) is 0 Å². The third-order valence-electron chi connectivity index (χ3n) is 1.95. The van der Waals surface area contributed by atoms with Crippen molar-refractivity contribution < 1.29 is 9.84 Å². The van der Waals surface area contributed by atoms with Crippen LogP contribution in [0.25, 0.3) is 0 Å². The summed E-state index contributed by atoms with van der Waals surface area (Å²) >= 11 is 0. The summed E-state index contributed by atoms with van der Waals surface area (Å²) in [6, 6.07) is 0.475. The number of hydrogen-bond acceptors (Lipinski definition) is 3. The molecular formula is C10H23NO2. The first-order valence-electron chi connectivity index (χ1n) is 5.04. The second kappa shape index (κ2) is 7.30. The molecule has 3 nitrogen and oxygen atoms in total. The molecule has 0 fully saturated rings. The second-order valence-corrected chi connectivity index (χ2v) is 3.77. The van der Waals surface area contributed by atoms with Gasteiger partial charge in [-0.2, -0.15) is 0 Å². The van der Waals surface area contributed by atoms with E-state index in [2.05, 4.69) is 18.7 Å². The standard InChI is InChI=1S/C10H23NO2/c1-9(2)11(5-7-12)6-8-13-10(3)4/h9-10,12H,5-8H2,1-4H3. The minimum Gasteiger partial charge on any atom is -0.395 e. The highest BCUT2D eigenvalue weighted by Crippen LogP contribution is 1.97. The molecule has 0 aromatic carbocycles. The van der Waals surface area contributed by atoms with Crippen LogP contribution in [0.15, 0.2) is 0 Å². The molecule has 0 rings (SSSR count). The smallest absolute Gasteiger partial charge is 0.0597 e. The van der Waals surface area contributed by atoms with Crippen molar-refractivity contribution in [3.63, 3.8) is 0 Å². The van der Waals surface area contributed by atoms with Gasteiger partial charge < -0.3 is 9.84 Å². The monoisotopic (exact) mass is 189 g/mol. The van der Waals surface area contributed by atoms with Crippen molar-refractivity contribution >= 4 is 0 Å². The van der Waals surface area contributed by atoms with Crippen LogP contribution in [0.3, 0.4) is 0 Å². The highest BCUT2D eigenvalue weighted by molar-refractivity contribution is 4.61. The lowest BCUT2D eigenvalue weighted by atomic mass is 10.3. The lowest BCUT2D eigenvalue weighted by Crippen LogP contribution is -2.36. The second-order valence-electron chi connectivity index (χ2n) is 3.77. The minimum atomic E-state index is 0.222. The summed E-state index contributed by atoms with van der Waals surface area (Å²) in [5, 5.41) is 8.81. The van der Waals surface area contributed by atoms with Crippen molar-refractivity contribution in [1.29, 1.82) is 0 Å². The van der Waals surface area contributed by atoms with Gasteiger partial charge in [-0.15, -0.1) is 0 Å². The normalized spacial score (nSPS) is 12.0. The molecule has 0 unspecified atom stereocenters. The van der Waals surface area contributed by atoms with E-state index in [-0.39, 0.29) is 6.61 Å². The molecule has 0 aliphatic carbocycles. The Morgan fingerprint density at radius 3 is 2.15 bits per heavy atom. The molecule has 0 aromatic heterocycles. The minimum absolute atomic E-state index is 0.222. The van der Waals surface area contributed by atoms with Gasteiger partial charge in [0.15, 0.2) is 0 Å². The van der Waals surface area contributed by atoms with E-state index < -0.39 is 0 Å². The first-order valence-corrected chi connectivity index (χ1v) is 5.04. The maximum absolute atomic E-state index is 8.81. The highest BCUT2D eigenvalue weighted by atomic mass is 16.5. The SMILES string of the molecule is CC(C)OCCN(CCO)C(C)C. The topological polar surface area (TPSA) is 32.7 Å². The van der Waals surface area contributed by atoms with E-state index in [9.17, 15) is 0 Å². The maximum Gasteiger partial charge on any atom is 0.0597 e. The molecule has 0 saturated carbocycles. The highest BCUT2D eigenvalue weighted by Gasteiger charge is 2.07. The van der Waals surface area contributed by atoms with Gasteiger partial charge in [-0.3, -0.25) is 4.90 Å². The molecule has 1 N–H and O–H groups in total. The summed E-state index contributed by atoms with van der Waals surface area (Å²) in [4.78, 5) is 2.21. The van der Waals surface area contributed by atoms with Gasteiger partial charge in [0.05, 0.1) is 19.3 Å². The first kappa shape index (κ1) is 12.9. The number of aliphatic hydroxyl groups is 1. The third kappa shape index (κ3) is 6.99. The summed E-state index contributed by atoms with van der Waals surface area (Å²) < 4.78 is 5.45. The van der Waals surface area contributed by atoms with E-state index in [1.165, 1.54) is 0 Å². The molecule has 0 saturated heterocycles. The third-order valence-corrected chi connectivity index (χ3v) is 1.95. The van der Waals surface area contributed by atoms with Crippen molar-refractivity contribution in [2.45, 2.75) is 39.8 Å². The fourth-order valence-corrected chi connectivity index (χ4v) is 1.16. The molecular weight excluding hydrogens is 166 g/mol. The van der Waals surface area contributed by atoms with Crippen molar-refractivity contribution in [1.82, 2.24) is 4.90 Å². The fourth-order valence-electron chi connectivity index (χ4n) is 1.16. The van der Waals surface area contributed by atoms with Gasteiger partial charge in [0.2, 0.25) is 0 Å². The van der Waals surface area contributed by atoms with Crippen molar-refractivity contribution in [2.75, 3.05) is 26.3 Å². The zero-order valence-corrected chi connectivity index (χ0v) is 9.29. The molecule has 0 spiro atoms. The van der Waals surface area contributed by atoms with E-state index in [1.807, 2.05) is 13.8 Å². The summed E-state index contributed by atoms with van der Waals surface area (Å²) in [5.74, 6) is 0. The zero-order chi connectivity index (χ0) is 10.3. The zero-order valence-electron chi connectivity index (χ0n) is 9.29. The Morgan fingerprint density at radius 2 is 1.77 bits per heavy atom. The average molecular weight is 189 g/mol. The molecule has 13 heavy (non-hydrogen) atoms. The molecule has 0 heterocycles. The molecule has 0 atom stereocenters. The predicted octanol–water partition coefficient (Wildman–Crippen LogP) is 1.11. The summed E-state index contributed by atoms with van der Waals surface area (Å²) in [6.07, 6.45) is 0.295. The van der Waals surface area contributed by atoms with Gasteiger partial charge in [-0.05, 0) is 27.7 Å². The van der Waals surface area contributed by atoms with Gasteiger partial charge in [-0.25, -0.2) is 0 Å². The molecule has 0 radical (unpaired) electrons. The number of ether oxygens (including phenoxy) is 1. The van der Waals surface area contributed by atoms with Crippen molar-refractivity contribution in [3.8, 4) is 0 Å². The van der Waals surface area contributed by atoms with Crippen LogP contribution in [0, 0.1) is 0 Å². The Balaban J connectivity index is 3.57. The van der Waals surface area contributed by atoms with Gasteiger partial charge in [0.1, 0.15) is 0 Å². The average Bonchev–Trinajstić information content (AvgIpc) is 2.02. The van der Waals surface area contributed by atoms with Crippen LogP contribution in [-0.2, 0) is 4.74 Å². The number of rotatable bonds is 7. The van der Waals surface area contributed by atoms with Crippen LogP contribution in [0.4, 0.5) is 0 Å². The Bertz CT molecular complexity index is 115. The van der Waals surface area contributed by atoms with E-state index in [0.29, 0.717) is 12.1 Å². The molecule has 0 bridgehead atoms. The molecule has 0 aromatic rings. The van der Waals surface area contributed by atoms with Crippen LogP contribution in [0.1, 0.15) is 27.7 Å². The Kier molecular flexibility index (Phi) is 7.23. The van der Waals surface area contributed by atoms with Crippen LogP contribution >= 0.6 is 0 Å². The first-order chi connectivity index (χ1) is 6.07. The maximum atomic E-state index is 8.81.